The van der Waals surface area contributed by atoms with Crippen molar-refractivity contribution in [2.45, 2.75) is 59.3 Å². The van der Waals surface area contributed by atoms with Gasteiger partial charge in [-0.1, -0.05) is 32.4 Å². The van der Waals surface area contributed by atoms with Crippen molar-refractivity contribution in [3.63, 3.8) is 0 Å². The largest absolute Gasteiger partial charge is 0.316 e. The molecule has 0 amide bonds. The normalized spacial score (nSPS) is 33.4. The summed E-state index contributed by atoms with van der Waals surface area (Å²) in [5, 5.41) is 3.70. The van der Waals surface area contributed by atoms with Gasteiger partial charge in [-0.05, 0) is 56.9 Å². The van der Waals surface area contributed by atoms with Gasteiger partial charge < -0.3 is 5.32 Å². The van der Waals surface area contributed by atoms with Crippen LogP contribution < -0.4 is 5.32 Å². The van der Waals surface area contributed by atoms with E-state index in [0.29, 0.717) is 5.41 Å². The molecule has 1 nitrogen and oxygen atoms in total. The summed E-state index contributed by atoms with van der Waals surface area (Å²) in [7, 11) is 0. The van der Waals surface area contributed by atoms with Gasteiger partial charge in [-0.25, -0.2) is 0 Å². The third-order valence-electron chi connectivity index (χ3n) is 4.47. The van der Waals surface area contributed by atoms with Crippen molar-refractivity contribution in [2.75, 3.05) is 13.1 Å². The first-order valence-corrected chi connectivity index (χ1v) is 7.53. The lowest BCUT2D eigenvalue weighted by molar-refractivity contribution is 0.0992. The molecule has 0 radical (unpaired) electrons. The smallest absolute Gasteiger partial charge is 0.00455 e. The Bertz CT molecular complexity index is 271. The van der Waals surface area contributed by atoms with Gasteiger partial charge in [-0.3, -0.25) is 0 Å². The van der Waals surface area contributed by atoms with Crippen molar-refractivity contribution in [1.82, 2.24) is 5.32 Å². The number of allylic oxidation sites excluding steroid dienone is 1. The maximum Gasteiger partial charge on any atom is 0.00455 e. The Kier molecular flexibility index (Phi) is 4.30. The predicted octanol–water partition coefficient (Wildman–Crippen LogP) is 4.15. The summed E-state index contributed by atoms with van der Waals surface area (Å²) in [5.74, 6) is 1.71. The zero-order chi connectivity index (χ0) is 12.3. The first-order valence-electron chi connectivity index (χ1n) is 7.53. The number of hydrogen-bond acceptors (Lipinski definition) is 1. The van der Waals surface area contributed by atoms with Crippen molar-refractivity contribution in [3.8, 4) is 0 Å². The minimum Gasteiger partial charge on any atom is -0.316 e. The van der Waals surface area contributed by atoms with Gasteiger partial charge in [0.2, 0.25) is 0 Å². The summed E-state index contributed by atoms with van der Waals surface area (Å²) in [5.41, 5.74) is 2.34. The Morgan fingerprint density at radius 3 is 2.65 bits per heavy atom. The average Bonchev–Trinajstić information content (AvgIpc) is 2.27. The van der Waals surface area contributed by atoms with E-state index in [0.717, 1.165) is 11.8 Å². The lowest BCUT2D eigenvalue weighted by Crippen LogP contribution is -2.46. The highest BCUT2D eigenvalue weighted by atomic mass is 14.9. The topological polar surface area (TPSA) is 12.0 Å². The zero-order valence-corrected chi connectivity index (χ0v) is 11.9. The molecule has 0 aromatic heterocycles. The van der Waals surface area contributed by atoms with E-state index in [9.17, 15) is 0 Å². The molecule has 2 aliphatic rings. The first kappa shape index (κ1) is 13.1. The Morgan fingerprint density at radius 1 is 1.35 bits per heavy atom. The van der Waals surface area contributed by atoms with Gasteiger partial charge in [-0.15, -0.1) is 0 Å². The maximum absolute atomic E-state index is 3.70. The lowest BCUT2D eigenvalue weighted by Gasteiger charge is -2.49. The van der Waals surface area contributed by atoms with Crippen LogP contribution in [0, 0.1) is 17.3 Å². The summed E-state index contributed by atoms with van der Waals surface area (Å²) in [6, 6.07) is 0. The van der Waals surface area contributed by atoms with Crippen molar-refractivity contribution in [1.29, 1.82) is 0 Å². The minimum absolute atomic E-state index is 0.550. The molecule has 0 unspecified atom stereocenters. The van der Waals surface area contributed by atoms with E-state index < -0.39 is 0 Å². The number of nitrogens with one attached hydrogen (secondary N) is 1. The summed E-state index contributed by atoms with van der Waals surface area (Å²) < 4.78 is 0. The van der Waals surface area contributed by atoms with Gasteiger partial charge in [0.25, 0.3) is 0 Å². The molecule has 0 spiro atoms. The Hall–Kier alpha value is -0.300. The third-order valence-corrected chi connectivity index (χ3v) is 4.47. The second-order valence-corrected chi connectivity index (χ2v) is 6.79. The molecule has 1 fully saturated rings. The summed E-state index contributed by atoms with van der Waals surface area (Å²) in [6.07, 6.45) is 10.9. The van der Waals surface area contributed by atoms with Gasteiger partial charge >= 0.3 is 0 Å². The van der Waals surface area contributed by atoms with E-state index >= 15 is 0 Å². The number of rotatable bonds is 5. The highest BCUT2D eigenvalue weighted by Gasteiger charge is 2.44. The van der Waals surface area contributed by atoms with Crippen LogP contribution in [0.2, 0.25) is 0 Å². The lowest BCUT2D eigenvalue weighted by atomic mass is 9.57. The van der Waals surface area contributed by atoms with Crippen LogP contribution in [0.4, 0.5) is 0 Å². The van der Waals surface area contributed by atoms with Gasteiger partial charge in [0.15, 0.2) is 0 Å². The predicted molar refractivity (Wildman–Crippen MR) is 75.1 cm³/mol. The van der Waals surface area contributed by atoms with Crippen LogP contribution in [0.1, 0.15) is 59.3 Å². The van der Waals surface area contributed by atoms with E-state index in [-0.39, 0.29) is 0 Å². The summed E-state index contributed by atoms with van der Waals surface area (Å²) >= 11 is 0. The van der Waals surface area contributed by atoms with E-state index in [4.69, 9.17) is 0 Å². The molecule has 1 heteroatoms. The van der Waals surface area contributed by atoms with Crippen LogP contribution in [0.5, 0.6) is 0 Å². The highest BCUT2D eigenvalue weighted by molar-refractivity contribution is 5.21. The van der Waals surface area contributed by atoms with Crippen LogP contribution in [-0.2, 0) is 0 Å². The van der Waals surface area contributed by atoms with Crippen molar-refractivity contribution in [3.05, 3.63) is 11.6 Å². The minimum atomic E-state index is 0.550. The molecule has 0 aliphatic heterocycles. The van der Waals surface area contributed by atoms with Crippen molar-refractivity contribution in [2.24, 2.45) is 17.3 Å². The van der Waals surface area contributed by atoms with Crippen LogP contribution in [0.15, 0.2) is 11.6 Å². The van der Waals surface area contributed by atoms with Gasteiger partial charge in [0.1, 0.15) is 0 Å². The van der Waals surface area contributed by atoms with E-state index in [1.54, 1.807) is 5.57 Å². The summed E-state index contributed by atoms with van der Waals surface area (Å²) in [4.78, 5) is 0. The zero-order valence-electron chi connectivity index (χ0n) is 11.9. The molecule has 0 aromatic rings. The fraction of sp³-hybridized carbons (Fsp3) is 0.875. The van der Waals surface area contributed by atoms with E-state index in [1.165, 1.54) is 51.6 Å². The Balaban J connectivity index is 1.93. The molecule has 0 saturated heterocycles. The Labute approximate surface area is 107 Å². The van der Waals surface area contributed by atoms with Crippen molar-refractivity contribution >= 4 is 0 Å². The molecule has 0 heterocycles. The quantitative estimate of drug-likeness (QED) is 0.706. The standard InChI is InChI=1S/C16H29N/c1-13(2)11-17-12-16(9-14(3)10-16)15-7-5-4-6-8-15/h7,13-14,17H,4-6,8-12H2,1-3H3. The molecule has 2 aliphatic carbocycles. The first-order chi connectivity index (χ1) is 8.12. The second-order valence-electron chi connectivity index (χ2n) is 6.79. The van der Waals surface area contributed by atoms with Crippen molar-refractivity contribution < 1.29 is 0 Å². The number of hydrogen-bond donors (Lipinski definition) is 1. The SMILES string of the molecule is CC(C)CNCC1(C2=CCCCC2)CC(C)C1. The highest BCUT2D eigenvalue weighted by Crippen LogP contribution is 2.52. The molecule has 1 N–H and O–H groups in total. The molecular formula is C16H29N. The molecule has 0 atom stereocenters. The van der Waals surface area contributed by atoms with E-state index in [2.05, 4.69) is 32.2 Å². The fourth-order valence-electron chi connectivity index (χ4n) is 3.71. The molecule has 0 aromatic carbocycles. The maximum atomic E-state index is 3.70. The second kappa shape index (κ2) is 5.56. The Morgan fingerprint density at radius 2 is 2.12 bits per heavy atom. The summed E-state index contributed by atoms with van der Waals surface area (Å²) in [6.45, 7) is 9.39. The van der Waals surface area contributed by atoms with Crippen LogP contribution >= 0.6 is 0 Å². The molecular weight excluding hydrogens is 206 g/mol. The molecule has 2 rings (SSSR count). The van der Waals surface area contributed by atoms with Crippen LogP contribution in [-0.4, -0.2) is 13.1 Å². The average molecular weight is 235 g/mol. The van der Waals surface area contributed by atoms with Gasteiger partial charge in [-0.2, -0.15) is 0 Å². The monoisotopic (exact) mass is 235 g/mol. The fourth-order valence-corrected chi connectivity index (χ4v) is 3.71. The van der Waals surface area contributed by atoms with Crippen LogP contribution in [0.25, 0.3) is 0 Å². The van der Waals surface area contributed by atoms with E-state index in [1.807, 2.05) is 0 Å². The molecule has 1 saturated carbocycles. The van der Waals surface area contributed by atoms with Crippen LogP contribution in [0.3, 0.4) is 0 Å². The molecule has 17 heavy (non-hydrogen) atoms. The van der Waals surface area contributed by atoms with Gasteiger partial charge in [0.05, 0.1) is 0 Å². The molecule has 98 valence electrons. The molecule has 0 bridgehead atoms. The van der Waals surface area contributed by atoms with Gasteiger partial charge in [0, 0.05) is 12.0 Å². The third kappa shape index (κ3) is 3.13.